The second-order valence-corrected chi connectivity index (χ2v) is 10.5. The van der Waals surface area contributed by atoms with Crippen molar-refractivity contribution >= 4 is 18.9 Å². The zero-order valence-corrected chi connectivity index (χ0v) is 19.4. The molecule has 5 aliphatic rings. The van der Waals surface area contributed by atoms with Crippen molar-refractivity contribution in [2.45, 2.75) is 83.5 Å². The molecule has 0 aromatic carbocycles. The Morgan fingerprint density at radius 2 is 1.94 bits per heavy atom. The average molecular weight is 435 g/mol. The lowest BCUT2D eigenvalue weighted by atomic mass is 9.43. The van der Waals surface area contributed by atoms with Crippen molar-refractivity contribution in [1.29, 1.82) is 0 Å². The van der Waals surface area contributed by atoms with E-state index >= 15 is 0 Å². The highest BCUT2D eigenvalue weighted by Crippen LogP contribution is 2.65. The summed E-state index contributed by atoms with van der Waals surface area (Å²) >= 11 is 0. The Morgan fingerprint density at radius 1 is 1.23 bits per heavy atom. The molecule has 8 nitrogen and oxygen atoms in total. The fourth-order valence-electron chi connectivity index (χ4n) is 6.17. The van der Waals surface area contributed by atoms with Crippen molar-refractivity contribution in [2.75, 3.05) is 26.3 Å². The van der Waals surface area contributed by atoms with Crippen LogP contribution in [0.25, 0.3) is 0 Å². The Kier molecular flexibility index (Phi) is 6.42. The number of nitrogens with zero attached hydrogens (tertiary/aromatic N) is 1. The summed E-state index contributed by atoms with van der Waals surface area (Å²) < 4.78 is 18.2. The number of carbonyl (C=O) groups excluding carboxylic acids is 2. The molecule has 0 aromatic rings. The van der Waals surface area contributed by atoms with Gasteiger partial charge < -0.3 is 30.0 Å². The molecule has 2 saturated heterocycles. The minimum absolute atomic E-state index is 0.00462. The monoisotopic (exact) mass is 435 g/mol. The van der Waals surface area contributed by atoms with Gasteiger partial charge in [-0.25, -0.2) is 0 Å². The van der Waals surface area contributed by atoms with Gasteiger partial charge in [0.25, 0.3) is 0 Å². The smallest absolute Gasteiger partial charge is 0.404 e. The highest BCUT2D eigenvalue weighted by atomic mass is 16.7. The van der Waals surface area contributed by atoms with E-state index in [2.05, 4.69) is 33.0 Å². The maximum Gasteiger partial charge on any atom is 0.481 e. The third-order valence-electron chi connectivity index (χ3n) is 8.32. The fraction of sp³-hybridized carbons (Fsp3) is 0.909. The Hall–Kier alpha value is -1.16. The van der Waals surface area contributed by atoms with E-state index in [0.29, 0.717) is 38.1 Å². The maximum absolute atomic E-state index is 12.8. The SMILES string of the molecule is CCC[C@H](NC(=O)[C@H](N)CC(=O)N1CCOCC1)B1O[C@@H]2C[C@@H]3C[C@@H](C3(C)C)[C@]2(C)O1. The molecule has 3 saturated carbocycles. The van der Waals surface area contributed by atoms with Crippen LogP contribution in [0.1, 0.15) is 59.8 Å². The zero-order valence-electron chi connectivity index (χ0n) is 19.4. The summed E-state index contributed by atoms with van der Waals surface area (Å²) in [4.78, 5) is 27.0. The first-order valence-electron chi connectivity index (χ1n) is 11.9. The molecule has 9 heteroatoms. The molecule has 3 N–H and O–H groups in total. The molecule has 2 amide bonds. The molecule has 2 aliphatic heterocycles. The van der Waals surface area contributed by atoms with Gasteiger partial charge in [-0.15, -0.1) is 0 Å². The number of ether oxygens (including phenoxy) is 1. The summed E-state index contributed by atoms with van der Waals surface area (Å²) in [7, 11) is -0.476. The fourth-order valence-corrected chi connectivity index (χ4v) is 6.17. The van der Waals surface area contributed by atoms with Gasteiger partial charge in [-0.3, -0.25) is 9.59 Å². The van der Waals surface area contributed by atoms with Gasteiger partial charge in [0.1, 0.15) is 0 Å². The van der Waals surface area contributed by atoms with Crippen molar-refractivity contribution in [3.05, 3.63) is 0 Å². The minimum Gasteiger partial charge on any atom is -0.404 e. The van der Waals surface area contributed by atoms with Gasteiger partial charge in [-0.2, -0.15) is 0 Å². The van der Waals surface area contributed by atoms with Crippen molar-refractivity contribution in [3.63, 3.8) is 0 Å². The molecule has 0 unspecified atom stereocenters. The number of nitrogens with two attached hydrogens (primary N) is 1. The lowest BCUT2D eigenvalue weighted by Crippen LogP contribution is -2.65. The Labute approximate surface area is 186 Å². The standard InChI is InChI=1S/C22H38BN3O5/c1-5-6-18(25-20(28)15(24)13-19(27)26-7-9-29-10-8-26)23-30-17-12-14-11-16(21(14,2)3)22(17,4)31-23/h14-18H,5-13,24H2,1-4H3,(H,25,28)/t14-,15+,16-,17+,18-,22-/m0/s1. The Balaban J connectivity index is 1.36. The summed E-state index contributed by atoms with van der Waals surface area (Å²) in [5.41, 5.74) is 6.06. The van der Waals surface area contributed by atoms with E-state index in [9.17, 15) is 9.59 Å². The van der Waals surface area contributed by atoms with E-state index in [1.54, 1.807) is 4.90 Å². The normalized spacial score (nSPS) is 35.7. The van der Waals surface area contributed by atoms with Crippen molar-refractivity contribution in [2.24, 2.45) is 23.0 Å². The number of morpholine rings is 1. The molecule has 2 heterocycles. The summed E-state index contributed by atoms with van der Waals surface area (Å²) in [5, 5.41) is 3.03. The van der Waals surface area contributed by atoms with Crippen LogP contribution >= 0.6 is 0 Å². The maximum atomic E-state index is 12.8. The second kappa shape index (κ2) is 8.65. The van der Waals surface area contributed by atoms with Crippen LogP contribution in [0.2, 0.25) is 0 Å². The molecule has 5 rings (SSSR count). The van der Waals surface area contributed by atoms with Crippen LogP contribution in [0.15, 0.2) is 0 Å². The first-order valence-corrected chi connectivity index (χ1v) is 11.9. The topological polar surface area (TPSA) is 103 Å². The average Bonchev–Trinajstić information content (AvgIpc) is 3.10. The lowest BCUT2D eigenvalue weighted by molar-refractivity contribution is -0.199. The molecule has 174 valence electrons. The van der Waals surface area contributed by atoms with Gasteiger partial charge >= 0.3 is 7.12 Å². The van der Waals surface area contributed by atoms with Gasteiger partial charge in [0.05, 0.1) is 43.3 Å². The molecule has 0 radical (unpaired) electrons. The third kappa shape index (κ3) is 4.14. The highest BCUT2D eigenvalue weighted by Gasteiger charge is 2.68. The van der Waals surface area contributed by atoms with E-state index in [1.807, 2.05) is 0 Å². The van der Waals surface area contributed by atoms with E-state index in [0.717, 1.165) is 19.3 Å². The number of hydrogen-bond acceptors (Lipinski definition) is 6. The van der Waals surface area contributed by atoms with Gasteiger partial charge in [0.2, 0.25) is 11.8 Å². The van der Waals surface area contributed by atoms with Crippen LogP contribution in [0, 0.1) is 17.3 Å². The number of hydrogen-bond donors (Lipinski definition) is 2. The van der Waals surface area contributed by atoms with Gasteiger partial charge in [0.15, 0.2) is 0 Å². The number of nitrogens with one attached hydrogen (secondary N) is 1. The van der Waals surface area contributed by atoms with Crippen LogP contribution in [-0.4, -0.2) is 73.8 Å². The number of carbonyl (C=O) groups is 2. The predicted molar refractivity (Wildman–Crippen MR) is 117 cm³/mol. The first kappa shape index (κ1) is 23.0. The van der Waals surface area contributed by atoms with Crippen LogP contribution in [0.3, 0.4) is 0 Å². The molecule has 5 fully saturated rings. The van der Waals surface area contributed by atoms with Crippen molar-refractivity contribution in [1.82, 2.24) is 10.2 Å². The van der Waals surface area contributed by atoms with E-state index in [4.69, 9.17) is 19.8 Å². The summed E-state index contributed by atoms with van der Waals surface area (Å²) in [5.74, 6) is 0.450. The van der Waals surface area contributed by atoms with E-state index in [1.165, 1.54) is 6.42 Å². The van der Waals surface area contributed by atoms with Gasteiger partial charge in [-0.1, -0.05) is 27.2 Å². The summed E-state index contributed by atoms with van der Waals surface area (Å²) in [6, 6.07) is -0.888. The van der Waals surface area contributed by atoms with Crippen LogP contribution < -0.4 is 11.1 Å². The van der Waals surface area contributed by atoms with Crippen molar-refractivity contribution < 1.29 is 23.6 Å². The molecule has 0 spiro atoms. The molecule has 6 atom stereocenters. The van der Waals surface area contributed by atoms with Crippen LogP contribution in [0.5, 0.6) is 0 Å². The molecular formula is C22H38BN3O5. The number of rotatable bonds is 7. The molecule has 0 aromatic heterocycles. The zero-order chi connectivity index (χ0) is 22.4. The van der Waals surface area contributed by atoms with Gasteiger partial charge in [0, 0.05) is 13.1 Å². The molecular weight excluding hydrogens is 397 g/mol. The molecule has 2 bridgehead atoms. The summed E-state index contributed by atoms with van der Waals surface area (Å²) in [6.45, 7) is 11.1. The first-order chi connectivity index (χ1) is 14.7. The van der Waals surface area contributed by atoms with Crippen molar-refractivity contribution in [3.8, 4) is 0 Å². The summed E-state index contributed by atoms with van der Waals surface area (Å²) in [6.07, 6.45) is 3.89. The van der Waals surface area contributed by atoms with E-state index < -0.39 is 13.2 Å². The number of amides is 2. The quantitative estimate of drug-likeness (QED) is 0.581. The Bertz CT molecular complexity index is 701. The van der Waals surface area contributed by atoms with E-state index in [-0.39, 0.29) is 41.3 Å². The minimum atomic E-state index is -0.888. The molecule has 31 heavy (non-hydrogen) atoms. The van der Waals surface area contributed by atoms with Crippen LogP contribution in [-0.2, 0) is 23.6 Å². The molecule has 3 aliphatic carbocycles. The third-order valence-corrected chi connectivity index (χ3v) is 8.32. The largest absolute Gasteiger partial charge is 0.481 e. The lowest BCUT2D eigenvalue weighted by Gasteiger charge is -2.64. The second-order valence-electron chi connectivity index (χ2n) is 10.5. The van der Waals surface area contributed by atoms with Gasteiger partial charge in [-0.05, 0) is 43.4 Å². The van der Waals surface area contributed by atoms with Crippen LogP contribution in [0.4, 0.5) is 0 Å². The Morgan fingerprint density at radius 3 is 2.58 bits per heavy atom. The predicted octanol–water partition coefficient (Wildman–Crippen LogP) is 1.12. The highest BCUT2D eigenvalue weighted by molar-refractivity contribution is 6.47.